The predicted octanol–water partition coefficient (Wildman–Crippen LogP) is 4.51. The second kappa shape index (κ2) is 7.51. The van der Waals surface area contributed by atoms with Gasteiger partial charge >= 0.3 is 5.97 Å². The molecule has 2 rings (SSSR count). The van der Waals surface area contributed by atoms with Crippen molar-refractivity contribution in [2.24, 2.45) is 0 Å². The molecule has 0 aromatic heterocycles. The molecular formula is C17H22ClNO2. The van der Waals surface area contributed by atoms with Crippen LogP contribution in [0, 0.1) is 0 Å². The van der Waals surface area contributed by atoms with E-state index < -0.39 is 0 Å². The molecule has 1 unspecified atom stereocenters. The molecule has 1 aliphatic rings. The van der Waals surface area contributed by atoms with E-state index in [1.165, 1.54) is 0 Å². The molecule has 1 aromatic carbocycles. The Morgan fingerprint density at radius 3 is 2.90 bits per heavy atom. The third-order valence-corrected chi connectivity index (χ3v) is 4.00. The van der Waals surface area contributed by atoms with Gasteiger partial charge in [0.15, 0.2) is 0 Å². The lowest BCUT2D eigenvalue weighted by Gasteiger charge is -2.19. The number of halogens is 1. The summed E-state index contributed by atoms with van der Waals surface area (Å²) in [7, 11) is 0. The highest BCUT2D eigenvalue weighted by Gasteiger charge is 2.19. The number of ether oxygens (including phenoxy) is 1. The van der Waals surface area contributed by atoms with Crippen molar-refractivity contribution in [1.82, 2.24) is 0 Å². The van der Waals surface area contributed by atoms with Crippen LogP contribution in [0.5, 0.6) is 0 Å². The lowest BCUT2D eigenvalue weighted by Crippen LogP contribution is -2.15. The Labute approximate surface area is 131 Å². The summed E-state index contributed by atoms with van der Waals surface area (Å²) >= 11 is 6.36. The monoisotopic (exact) mass is 307 g/mol. The van der Waals surface area contributed by atoms with Gasteiger partial charge in [-0.3, -0.25) is 4.79 Å². The van der Waals surface area contributed by atoms with Crippen LogP contribution in [0.15, 0.2) is 30.5 Å². The number of nitrogens with zero attached hydrogens (tertiary/aromatic N) is 1. The Balaban J connectivity index is 2.04. The van der Waals surface area contributed by atoms with Crippen LogP contribution in [-0.2, 0) is 9.53 Å². The van der Waals surface area contributed by atoms with E-state index in [4.69, 9.17) is 16.3 Å². The zero-order chi connectivity index (χ0) is 15.2. The number of unbranched alkanes of at least 4 members (excludes halogenated alkanes) is 1. The number of rotatable bonds is 6. The number of carbonyl (C=O) groups excluding carboxylic acids is 1. The van der Waals surface area contributed by atoms with Gasteiger partial charge in [-0.05, 0) is 37.5 Å². The van der Waals surface area contributed by atoms with Crippen LogP contribution >= 0.6 is 11.6 Å². The van der Waals surface area contributed by atoms with Crippen LogP contribution in [-0.4, -0.2) is 19.1 Å². The summed E-state index contributed by atoms with van der Waals surface area (Å²) in [6, 6.07) is 5.80. The zero-order valence-electron chi connectivity index (χ0n) is 12.6. The molecule has 0 bridgehead atoms. The van der Waals surface area contributed by atoms with Gasteiger partial charge in [0, 0.05) is 12.7 Å². The number of esters is 1. The number of hydrogen-bond acceptors (Lipinski definition) is 3. The molecule has 0 N–H and O–H groups in total. The Hall–Kier alpha value is -1.48. The zero-order valence-corrected chi connectivity index (χ0v) is 13.4. The van der Waals surface area contributed by atoms with Crippen LogP contribution in [0.1, 0.15) is 44.6 Å². The largest absolute Gasteiger partial charge is 0.465 e. The topological polar surface area (TPSA) is 29.5 Å². The molecule has 4 heteroatoms. The van der Waals surface area contributed by atoms with E-state index in [0.29, 0.717) is 11.6 Å². The molecule has 21 heavy (non-hydrogen) atoms. The first-order chi connectivity index (χ1) is 10.1. The molecule has 0 saturated carbocycles. The van der Waals surface area contributed by atoms with Crippen LogP contribution < -0.4 is 4.90 Å². The Morgan fingerprint density at radius 1 is 1.48 bits per heavy atom. The van der Waals surface area contributed by atoms with Crippen LogP contribution in [0.4, 0.5) is 5.69 Å². The minimum atomic E-state index is -0.289. The third kappa shape index (κ3) is 4.01. The quantitative estimate of drug-likeness (QED) is 0.572. The summed E-state index contributed by atoms with van der Waals surface area (Å²) in [4.78, 5) is 14.1. The van der Waals surface area contributed by atoms with Gasteiger partial charge in [0.1, 0.15) is 0 Å². The molecule has 1 atom stereocenters. The van der Waals surface area contributed by atoms with Gasteiger partial charge in [0.25, 0.3) is 0 Å². The average molecular weight is 308 g/mol. The second-order valence-electron chi connectivity index (χ2n) is 5.32. The molecule has 0 aliphatic carbocycles. The SMILES string of the molecule is CCCCOC(=O)C(C)c1ccc(N2C=CCC2)c(Cl)c1. The van der Waals surface area contributed by atoms with E-state index >= 15 is 0 Å². The molecule has 3 nitrogen and oxygen atoms in total. The fraction of sp³-hybridized carbons (Fsp3) is 0.471. The molecule has 0 saturated heterocycles. The molecule has 1 aliphatic heterocycles. The van der Waals surface area contributed by atoms with Gasteiger partial charge in [-0.2, -0.15) is 0 Å². The normalized spacial score (nSPS) is 15.3. The van der Waals surface area contributed by atoms with Crippen LogP contribution in [0.2, 0.25) is 5.02 Å². The van der Waals surface area contributed by atoms with E-state index in [2.05, 4.69) is 17.9 Å². The summed E-state index contributed by atoms with van der Waals surface area (Å²) in [5.74, 6) is -0.476. The lowest BCUT2D eigenvalue weighted by atomic mass is 10.0. The van der Waals surface area contributed by atoms with Crippen molar-refractivity contribution in [1.29, 1.82) is 0 Å². The van der Waals surface area contributed by atoms with E-state index in [1.807, 2.05) is 31.3 Å². The number of benzene rings is 1. The molecule has 1 aromatic rings. The van der Waals surface area contributed by atoms with Crippen molar-refractivity contribution in [3.63, 3.8) is 0 Å². The molecule has 0 fully saturated rings. The first kappa shape index (κ1) is 15.9. The first-order valence-corrected chi connectivity index (χ1v) is 7.90. The average Bonchev–Trinajstić information content (AvgIpc) is 3.00. The van der Waals surface area contributed by atoms with Gasteiger partial charge < -0.3 is 9.64 Å². The molecular weight excluding hydrogens is 286 g/mol. The molecule has 114 valence electrons. The maximum absolute atomic E-state index is 12.0. The molecule has 0 spiro atoms. The summed E-state index contributed by atoms with van der Waals surface area (Å²) in [5, 5.41) is 0.673. The summed E-state index contributed by atoms with van der Waals surface area (Å²) < 4.78 is 5.26. The molecule has 0 amide bonds. The minimum absolute atomic E-state index is 0.187. The summed E-state index contributed by atoms with van der Waals surface area (Å²) in [6.07, 6.45) is 7.13. The van der Waals surface area contributed by atoms with Crippen molar-refractivity contribution < 1.29 is 9.53 Å². The lowest BCUT2D eigenvalue weighted by molar-refractivity contribution is -0.145. The maximum Gasteiger partial charge on any atom is 0.313 e. The van der Waals surface area contributed by atoms with E-state index in [1.54, 1.807) is 0 Å². The smallest absolute Gasteiger partial charge is 0.313 e. The van der Waals surface area contributed by atoms with Crippen molar-refractivity contribution in [2.45, 2.75) is 39.0 Å². The predicted molar refractivity (Wildman–Crippen MR) is 86.8 cm³/mol. The van der Waals surface area contributed by atoms with Gasteiger partial charge in [-0.25, -0.2) is 0 Å². The van der Waals surface area contributed by atoms with E-state index in [9.17, 15) is 4.79 Å². The maximum atomic E-state index is 12.0. The highest BCUT2D eigenvalue weighted by molar-refractivity contribution is 6.33. The van der Waals surface area contributed by atoms with Gasteiger partial charge in [-0.15, -0.1) is 0 Å². The first-order valence-electron chi connectivity index (χ1n) is 7.53. The molecule has 1 heterocycles. The third-order valence-electron chi connectivity index (χ3n) is 3.70. The highest BCUT2D eigenvalue weighted by atomic mass is 35.5. The van der Waals surface area contributed by atoms with Crippen LogP contribution in [0.3, 0.4) is 0 Å². The minimum Gasteiger partial charge on any atom is -0.465 e. The van der Waals surface area contributed by atoms with Gasteiger partial charge in [0.05, 0.1) is 23.2 Å². The van der Waals surface area contributed by atoms with Gasteiger partial charge in [-0.1, -0.05) is 37.1 Å². The Kier molecular flexibility index (Phi) is 5.68. The molecule has 0 radical (unpaired) electrons. The van der Waals surface area contributed by atoms with E-state index in [0.717, 1.165) is 37.1 Å². The number of hydrogen-bond donors (Lipinski definition) is 0. The standard InChI is InChI=1S/C17H22ClNO2/c1-3-4-11-21-17(20)13(2)14-7-8-16(15(18)12-14)19-9-5-6-10-19/h5,7-9,12-13H,3-4,6,10-11H2,1-2H3. The van der Waals surface area contributed by atoms with E-state index in [-0.39, 0.29) is 11.9 Å². The van der Waals surface area contributed by atoms with Crippen molar-refractivity contribution in [3.05, 3.63) is 41.1 Å². The van der Waals surface area contributed by atoms with Crippen molar-refractivity contribution in [3.8, 4) is 0 Å². The summed E-state index contributed by atoms with van der Waals surface area (Å²) in [5.41, 5.74) is 1.88. The highest BCUT2D eigenvalue weighted by Crippen LogP contribution is 2.31. The Bertz CT molecular complexity index is 528. The van der Waals surface area contributed by atoms with Crippen molar-refractivity contribution >= 4 is 23.3 Å². The fourth-order valence-corrected chi connectivity index (χ4v) is 2.59. The second-order valence-corrected chi connectivity index (χ2v) is 5.73. The number of anilines is 1. The van der Waals surface area contributed by atoms with Crippen LogP contribution in [0.25, 0.3) is 0 Å². The fourth-order valence-electron chi connectivity index (χ4n) is 2.29. The van der Waals surface area contributed by atoms with Gasteiger partial charge in [0.2, 0.25) is 0 Å². The number of carbonyl (C=O) groups is 1. The summed E-state index contributed by atoms with van der Waals surface area (Å²) in [6.45, 7) is 5.37. The Morgan fingerprint density at radius 2 is 2.29 bits per heavy atom. The van der Waals surface area contributed by atoms with Crippen molar-refractivity contribution in [2.75, 3.05) is 18.1 Å².